The van der Waals surface area contributed by atoms with Crippen LogP contribution in [0.5, 0.6) is 0 Å². The van der Waals surface area contributed by atoms with Crippen LogP contribution in [-0.4, -0.2) is 5.78 Å². The van der Waals surface area contributed by atoms with Crippen LogP contribution in [0.1, 0.15) is 32.6 Å². The summed E-state index contributed by atoms with van der Waals surface area (Å²) in [4.78, 5) is 10.8. The first kappa shape index (κ1) is 10.7. The van der Waals surface area contributed by atoms with Crippen LogP contribution in [0.25, 0.3) is 0 Å². The molecule has 0 aromatic carbocycles. The third kappa shape index (κ3) is 4.46. The molecule has 0 spiro atoms. The molecule has 0 N–H and O–H groups in total. The maximum absolute atomic E-state index is 10.8. The zero-order valence-electron chi connectivity index (χ0n) is 7.21. The topological polar surface area (TPSA) is 64.7 Å². The van der Waals surface area contributed by atoms with Crippen LogP contribution >= 0.6 is 0 Å². The molecular formula is C9H12N2O. The second kappa shape index (κ2) is 6.37. The van der Waals surface area contributed by atoms with E-state index in [2.05, 4.69) is 0 Å². The highest BCUT2D eigenvalue weighted by molar-refractivity contribution is 5.77. The Hall–Kier alpha value is -1.35. The lowest BCUT2D eigenvalue weighted by Gasteiger charge is -2.01. The van der Waals surface area contributed by atoms with Gasteiger partial charge in [-0.3, -0.25) is 4.79 Å². The largest absolute Gasteiger partial charge is 0.300 e. The second-order valence-corrected chi connectivity index (χ2v) is 2.62. The average molecular weight is 164 g/mol. The number of nitriles is 2. The molecule has 0 aromatic rings. The van der Waals surface area contributed by atoms with Gasteiger partial charge in [0.1, 0.15) is 5.78 Å². The first-order chi connectivity index (χ1) is 5.74. The summed E-state index contributed by atoms with van der Waals surface area (Å²) in [5.41, 5.74) is 0. The summed E-state index contributed by atoms with van der Waals surface area (Å²) in [5.74, 6) is -0.112. The van der Waals surface area contributed by atoms with Crippen molar-refractivity contribution in [2.75, 3.05) is 0 Å². The van der Waals surface area contributed by atoms with Crippen LogP contribution in [-0.2, 0) is 4.79 Å². The molecule has 0 aliphatic rings. The van der Waals surface area contributed by atoms with E-state index >= 15 is 0 Å². The van der Waals surface area contributed by atoms with Gasteiger partial charge in [0.15, 0.2) is 0 Å². The monoisotopic (exact) mass is 164 g/mol. The zero-order chi connectivity index (χ0) is 9.40. The molecule has 0 unspecified atom stereocenters. The van der Waals surface area contributed by atoms with Gasteiger partial charge < -0.3 is 0 Å². The lowest BCUT2D eigenvalue weighted by molar-refractivity contribution is -0.118. The van der Waals surface area contributed by atoms with Crippen LogP contribution < -0.4 is 0 Å². The summed E-state index contributed by atoms with van der Waals surface area (Å²) < 4.78 is 0. The molecular weight excluding hydrogens is 152 g/mol. The average Bonchev–Trinajstić information content (AvgIpc) is 2.11. The van der Waals surface area contributed by atoms with Crippen molar-refractivity contribution in [3.63, 3.8) is 0 Å². The Labute approximate surface area is 72.6 Å². The van der Waals surface area contributed by atoms with Gasteiger partial charge in [0.2, 0.25) is 0 Å². The van der Waals surface area contributed by atoms with Crippen LogP contribution in [0.4, 0.5) is 0 Å². The van der Waals surface area contributed by atoms with E-state index in [1.807, 2.05) is 12.1 Å². The van der Waals surface area contributed by atoms with Gasteiger partial charge in [0.05, 0.1) is 24.5 Å². The van der Waals surface area contributed by atoms with E-state index in [1.165, 1.54) is 0 Å². The molecule has 0 radical (unpaired) electrons. The smallest absolute Gasteiger partial charge is 0.132 e. The number of nitrogens with zero attached hydrogens (tertiary/aromatic N) is 2. The van der Waals surface area contributed by atoms with Crippen LogP contribution in [0.3, 0.4) is 0 Å². The maximum atomic E-state index is 10.8. The minimum atomic E-state index is -0.273. The van der Waals surface area contributed by atoms with E-state index in [0.717, 1.165) is 0 Å². The Morgan fingerprint density at radius 2 is 2.17 bits per heavy atom. The van der Waals surface area contributed by atoms with E-state index in [0.29, 0.717) is 19.3 Å². The van der Waals surface area contributed by atoms with Gasteiger partial charge in [-0.15, -0.1) is 0 Å². The molecule has 0 aromatic heterocycles. The molecule has 0 amide bonds. The van der Waals surface area contributed by atoms with Gasteiger partial charge in [-0.1, -0.05) is 6.92 Å². The van der Waals surface area contributed by atoms with E-state index < -0.39 is 0 Å². The molecule has 0 heterocycles. The van der Waals surface area contributed by atoms with Gasteiger partial charge in [0.25, 0.3) is 0 Å². The third-order valence-corrected chi connectivity index (χ3v) is 1.69. The van der Waals surface area contributed by atoms with Crippen molar-refractivity contribution in [3.8, 4) is 12.1 Å². The number of carbonyl (C=O) groups excluding carboxylic acids is 1. The molecule has 12 heavy (non-hydrogen) atoms. The summed E-state index contributed by atoms with van der Waals surface area (Å²) in [6, 6.07) is 3.93. The first-order valence-corrected chi connectivity index (χ1v) is 4.02. The van der Waals surface area contributed by atoms with Gasteiger partial charge in [-0.25, -0.2) is 0 Å². The Balaban J connectivity index is 3.68. The minimum absolute atomic E-state index is 0.160. The van der Waals surface area contributed by atoms with Crippen LogP contribution in [0.2, 0.25) is 0 Å². The van der Waals surface area contributed by atoms with Crippen molar-refractivity contribution in [1.29, 1.82) is 10.5 Å². The van der Waals surface area contributed by atoms with Crippen molar-refractivity contribution < 1.29 is 4.79 Å². The van der Waals surface area contributed by atoms with Crippen LogP contribution in [0.15, 0.2) is 0 Å². The first-order valence-electron chi connectivity index (χ1n) is 4.02. The molecule has 0 rings (SSSR count). The fraction of sp³-hybridized carbons (Fsp3) is 0.667. The van der Waals surface area contributed by atoms with E-state index in [4.69, 9.17) is 10.5 Å². The Bertz CT molecular complexity index is 222. The fourth-order valence-electron chi connectivity index (χ4n) is 0.834. The number of hydrogen-bond donors (Lipinski definition) is 0. The number of carbonyl (C=O) groups is 1. The highest BCUT2D eigenvalue weighted by Crippen LogP contribution is 2.10. The molecule has 3 heteroatoms. The van der Waals surface area contributed by atoms with Crippen molar-refractivity contribution in [2.45, 2.75) is 32.6 Å². The maximum Gasteiger partial charge on any atom is 0.132 e. The molecule has 0 aliphatic heterocycles. The Morgan fingerprint density at radius 1 is 1.50 bits per heavy atom. The third-order valence-electron chi connectivity index (χ3n) is 1.69. The standard InChI is InChI=1S/C9H12N2O/c1-2-9(12)4-3-8(7-11)5-6-10/h8H,2-5H2,1H3/t8-/m0/s1. The van der Waals surface area contributed by atoms with Gasteiger partial charge in [-0.05, 0) is 6.42 Å². The lowest BCUT2D eigenvalue weighted by atomic mass is 10.00. The van der Waals surface area contributed by atoms with E-state index in [9.17, 15) is 4.79 Å². The van der Waals surface area contributed by atoms with Crippen molar-refractivity contribution in [1.82, 2.24) is 0 Å². The van der Waals surface area contributed by atoms with E-state index in [1.54, 1.807) is 6.92 Å². The highest BCUT2D eigenvalue weighted by Gasteiger charge is 2.08. The predicted octanol–water partition coefficient (Wildman–Crippen LogP) is 1.80. The second-order valence-electron chi connectivity index (χ2n) is 2.62. The number of rotatable bonds is 5. The molecule has 0 saturated carbocycles. The molecule has 0 fully saturated rings. The number of ketones is 1. The highest BCUT2D eigenvalue weighted by atomic mass is 16.1. The molecule has 64 valence electrons. The minimum Gasteiger partial charge on any atom is -0.300 e. The zero-order valence-corrected chi connectivity index (χ0v) is 7.21. The molecule has 0 aliphatic carbocycles. The molecule has 3 nitrogen and oxygen atoms in total. The molecule has 0 bridgehead atoms. The Kier molecular flexibility index (Phi) is 5.65. The summed E-state index contributed by atoms with van der Waals surface area (Å²) in [7, 11) is 0. The summed E-state index contributed by atoms with van der Waals surface area (Å²) >= 11 is 0. The SMILES string of the molecule is CCC(=O)CC[C@H](C#N)CC#N. The molecule has 0 saturated heterocycles. The quantitative estimate of drug-likeness (QED) is 0.622. The fourth-order valence-corrected chi connectivity index (χ4v) is 0.834. The van der Waals surface area contributed by atoms with E-state index in [-0.39, 0.29) is 18.1 Å². The summed E-state index contributed by atoms with van der Waals surface area (Å²) in [6.45, 7) is 1.80. The molecule has 1 atom stereocenters. The predicted molar refractivity (Wildman–Crippen MR) is 43.9 cm³/mol. The summed E-state index contributed by atoms with van der Waals surface area (Å²) in [5, 5.41) is 16.8. The number of hydrogen-bond acceptors (Lipinski definition) is 3. The lowest BCUT2D eigenvalue weighted by Crippen LogP contribution is -2.01. The van der Waals surface area contributed by atoms with Gasteiger partial charge in [0, 0.05) is 12.8 Å². The van der Waals surface area contributed by atoms with Gasteiger partial charge in [-0.2, -0.15) is 10.5 Å². The van der Waals surface area contributed by atoms with Crippen molar-refractivity contribution in [2.24, 2.45) is 5.92 Å². The normalized spacial score (nSPS) is 11.2. The van der Waals surface area contributed by atoms with Crippen LogP contribution in [0, 0.1) is 28.6 Å². The Morgan fingerprint density at radius 3 is 2.58 bits per heavy atom. The van der Waals surface area contributed by atoms with Crippen molar-refractivity contribution >= 4 is 5.78 Å². The van der Waals surface area contributed by atoms with Gasteiger partial charge >= 0.3 is 0 Å². The summed E-state index contributed by atoms with van der Waals surface area (Å²) in [6.07, 6.45) is 1.70. The van der Waals surface area contributed by atoms with Crippen molar-refractivity contribution in [3.05, 3.63) is 0 Å². The number of Topliss-reactive ketones (excluding diaryl/α,β-unsaturated/α-hetero) is 1.